The molecule has 6 heteroatoms. The van der Waals surface area contributed by atoms with Crippen molar-refractivity contribution in [1.82, 2.24) is 10.0 Å². The van der Waals surface area contributed by atoms with Crippen LogP contribution in [0, 0.1) is 5.92 Å². The molecule has 1 fully saturated rings. The van der Waals surface area contributed by atoms with Gasteiger partial charge in [-0.1, -0.05) is 0 Å². The summed E-state index contributed by atoms with van der Waals surface area (Å²) in [5.41, 5.74) is 0. The first-order chi connectivity index (χ1) is 5.95. The van der Waals surface area contributed by atoms with E-state index in [0.29, 0.717) is 0 Å². The molecule has 13 heavy (non-hydrogen) atoms. The molecule has 0 radical (unpaired) electrons. The highest BCUT2D eigenvalue weighted by molar-refractivity contribution is 6.64. The fraction of sp³-hybridized carbons (Fsp3) is 0.857. The van der Waals surface area contributed by atoms with Crippen LogP contribution in [0.2, 0.25) is 0 Å². The molecule has 0 aromatic carbocycles. The van der Waals surface area contributed by atoms with Crippen molar-refractivity contribution < 1.29 is 13.6 Å². The van der Waals surface area contributed by atoms with Gasteiger partial charge in [-0.3, -0.25) is 4.79 Å². The van der Waals surface area contributed by atoms with Crippen molar-refractivity contribution in [2.75, 3.05) is 20.6 Å². The van der Waals surface area contributed by atoms with Gasteiger partial charge >= 0.3 is 0 Å². The second-order valence-corrected chi connectivity index (χ2v) is 3.52. The van der Waals surface area contributed by atoms with Crippen LogP contribution in [0.5, 0.6) is 0 Å². The summed E-state index contributed by atoms with van der Waals surface area (Å²) in [4.78, 5) is 10.8. The van der Waals surface area contributed by atoms with Gasteiger partial charge in [-0.15, -0.1) is 0 Å². The smallest absolute Gasteiger partial charge is 0.256 e. The van der Waals surface area contributed by atoms with Gasteiger partial charge in [0, 0.05) is 20.6 Å². The van der Waals surface area contributed by atoms with E-state index >= 15 is 0 Å². The lowest BCUT2D eigenvalue weighted by atomic mass is 10.0. The van der Waals surface area contributed by atoms with Gasteiger partial charge in [0.25, 0.3) is 6.43 Å². The van der Waals surface area contributed by atoms with E-state index in [9.17, 15) is 13.6 Å². The third-order valence-electron chi connectivity index (χ3n) is 2.39. The van der Waals surface area contributed by atoms with Gasteiger partial charge in [-0.25, -0.2) is 18.8 Å². The van der Waals surface area contributed by atoms with Crippen molar-refractivity contribution in [3.8, 4) is 0 Å². The monoisotopic (exact) mass is 212 g/mol. The molecule has 0 bridgehead atoms. The van der Waals surface area contributed by atoms with E-state index in [0.717, 1.165) is 0 Å². The summed E-state index contributed by atoms with van der Waals surface area (Å²) in [6, 6.07) is -1.09. The molecular formula is C7H11ClF2N2O. The molecule has 0 aromatic rings. The number of carbonyl (C=O) groups excluding carboxylic acids is 1. The van der Waals surface area contributed by atoms with Crippen LogP contribution in [-0.4, -0.2) is 48.4 Å². The number of halogens is 3. The minimum absolute atomic E-state index is 0.258. The summed E-state index contributed by atoms with van der Waals surface area (Å²) in [5, 5.41) is 2.23. The number of carbonyl (C=O) groups is 1. The van der Waals surface area contributed by atoms with Gasteiger partial charge in [0.15, 0.2) is 0 Å². The van der Waals surface area contributed by atoms with Crippen molar-refractivity contribution in [1.29, 1.82) is 0 Å². The highest BCUT2D eigenvalue weighted by Crippen LogP contribution is 2.27. The summed E-state index contributed by atoms with van der Waals surface area (Å²) in [5.74, 6) is -0.795. The number of rotatable bonds is 2. The maximum Gasteiger partial charge on any atom is 0.256 e. The van der Waals surface area contributed by atoms with Crippen LogP contribution >= 0.6 is 11.6 Å². The highest BCUT2D eigenvalue weighted by Gasteiger charge is 2.44. The van der Waals surface area contributed by atoms with Crippen LogP contribution in [0.3, 0.4) is 0 Å². The van der Waals surface area contributed by atoms with Gasteiger partial charge in [0.05, 0.1) is 12.0 Å². The van der Waals surface area contributed by atoms with E-state index in [1.54, 1.807) is 12.1 Å². The Balaban J connectivity index is 2.80. The zero-order chi connectivity index (χ0) is 10.2. The third-order valence-corrected chi connectivity index (χ3v) is 2.67. The average Bonchev–Trinajstić information content (AvgIpc) is 2.28. The van der Waals surface area contributed by atoms with Gasteiger partial charge < -0.3 is 0 Å². The van der Waals surface area contributed by atoms with Crippen molar-refractivity contribution in [2.45, 2.75) is 12.5 Å². The van der Waals surface area contributed by atoms with Crippen LogP contribution in [0.4, 0.5) is 8.78 Å². The van der Waals surface area contributed by atoms with Gasteiger partial charge in [-0.05, 0) is 11.6 Å². The van der Waals surface area contributed by atoms with Gasteiger partial charge in [-0.2, -0.15) is 0 Å². The molecule has 0 spiro atoms. The largest absolute Gasteiger partial charge is 0.281 e. The molecule has 0 amide bonds. The Morgan fingerprint density at radius 1 is 1.54 bits per heavy atom. The summed E-state index contributed by atoms with van der Waals surface area (Å²) in [6.45, 7) is 0.258. The number of alkyl halides is 2. The molecule has 0 aromatic heterocycles. The molecule has 3 nitrogen and oxygen atoms in total. The summed E-state index contributed by atoms with van der Waals surface area (Å²) >= 11 is 5.23. The Hall–Kier alpha value is -0.260. The Bertz CT molecular complexity index is 215. The molecule has 2 unspecified atom stereocenters. The standard InChI is InChI=1S/C7H11ClF2N2O/c1-11-3-4(6(8)13)5(7(9)10)12(11)2/h4-5,7H,3H2,1-2H3. The third kappa shape index (κ3) is 1.98. The molecule has 1 heterocycles. The Kier molecular flexibility index (Phi) is 3.21. The van der Waals surface area contributed by atoms with Gasteiger partial charge in [0.1, 0.15) is 0 Å². The van der Waals surface area contributed by atoms with E-state index in [1.807, 2.05) is 0 Å². The molecule has 1 rings (SSSR count). The van der Waals surface area contributed by atoms with Crippen molar-refractivity contribution in [3.63, 3.8) is 0 Å². The topological polar surface area (TPSA) is 23.6 Å². The molecule has 76 valence electrons. The first kappa shape index (κ1) is 10.8. The van der Waals surface area contributed by atoms with Crippen molar-refractivity contribution in [2.24, 2.45) is 5.92 Å². The summed E-state index contributed by atoms with van der Waals surface area (Å²) in [7, 11) is 3.17. The molecule has 1 aliphatic heterocycles. The first-order valence-electron chi connectivity index (χ1n) is 3.86. The lowest BCUT2D eigenvalue weighted by Gasteiger charge is -2.24. The summed E-state index contributed by atoms with van der Waals surface area (Å²) in [6.07, 6.45) is -2.55. The zero-order valence-corrected chi connectivity index (χ0v) is 8.13. The highest BCUT2D eigenvalue weighted by atomic mass is 35.5. The van der Waals surface area contributed by atoms with Crippen molar-refractivity contribution in [3.05, 3.63) is 0 Å². The molecule has 1 aliphatic rings. The molecule has 0 N–H and O–H groups in total. The SMILES string of the molecule is CN1CC(C(=O)Cl)C(C(F)F)N1C. The fourth-order valence-electron chi connectivity index (χ4n) is 1.55. The molecule has 0 aliphatic carbocycles. The number of nitrogens with zero attached hydrogens (tertiary/aromatic N) is 2. The van der Waals surface area contributed by atoms with E-state index in [-0.39, 0.29) is 6.54 Å². The predicted molar refractivity (Wildman–Crippen MR) is 44.5 cm³/mol. The van der Waals surface area contributed by atoms with Crippen LogP contribution in [0.15, 0.2) is 0 Å². The lowest BCUT2D eigenvalue weighted by Crippen LogP contribution is -2.41. The predicted octanol–water partition coefficient (Wildman–Crippen LogP) is 0.794. The number of hydrazine groups is 1. The quantitative estimate of drug-likeness (QED) is 0.633. The number of hydrogen-bond donors (Lipinski definition) is 0. The van der Waals surface area contributed by atoms with E-state index in [1.165, 1.54) is 12.1 Å². The van der Waals surface area contributed by atoms with Crippen molar-refractivity contribution >= 4 is 16.8 Å². The fourth-order valence-corrected chi connectivity index (χ4v) is 1.75. The van der Waals surface area contributed by atoms with E-state index < -0.39 is 23.6 Å². The van der Waals surface area contributed by atoms with Crippen LogP contribution in [-0.2, 0) is 4.79 Å². The molecule has 0 saturated carbocycles. The average molecular weight is 213 g/mol. The molecular weight excluding hydrogens is 202 g/mol. The van der Waals surface area contributed by atoms with Crippen LogP contribution in [0.25, 0.3) is 0 Å². The maximum absolute atomic E-state index is 12.5. The number of hydrogen-bond acceptors (Lipinski definition) is 3. The van der Waals surface area contributed by atoms with E-state index in [2.05, 4.69) is 0 Å². The van der Waals surface area contributed by atoms with Crippen LogP contribution in [0.1, 0.15) is 0 Å². The lowest BCUT2D eigenvalue weighted by molar-refractivity contribution is -0.117. The first-order valence-corrected chi connectivity index (χ1v) is 4.24. The molecule has 2 atom stereocenters. The minimum atomic E-state index is -2.55. The Labute approximate surface area is 80.2 Å². The maximum atomic E-state index is 12.5. The minimum Gasteiger partial charge on any atom is -0.281 e. The van der Waals surface area contributed by atoms with Gasteiger partial charge in [0.2, 0.25) is 5.24 Å². The Morgan fingerprint density at radius 2 is 2.08 bits per heavy atom. The summed E-state index contributed by atoms with van der Waals surface area (Å²) < 4.78 is 25.0. The Morgan fingerprint density at radius 3 is 2.38 bits per heavy atom. The normalized spacial score (nSPS) is 31.5. The van der Waals surface area contributed by atoms with Crippen LogP contribution < -0.4 is 0 Å². The second-order valence-electron chi connectivity index (χ2n) is 3.15. The van der Waals surface area contributed by atoms with E-state index in [4.69, 9.17) is 11.6 Å². The zero-order valence-electron chi connectivity index (χ0n) is 7.38. The second kappa shape index (κ2) is 3.86. The molecule has 1 saturated heterocycles.